The van der Waals surface area contributed by atoms with Crippen molar-refractivity contribution in [3.8, 4) is 6.07 Å². The number of nitrogens with zero attached hydrogens (tertiary/aromatic N) is 1. The number of carbonyl (C=O) groups is 1. The maximum Gasteiger partial charge on any atom is 0.230 e. The Morgan fingerprint density at radius 1 is 1.81 bits per heavy atom. The molecule has 1 fully saturated rings. The molecule has 0 saturated carbocycles. The van der Waals surface area contributed by atoms with Crippen LogP contribution < -0.4 is 5.32 Å². The highest BCUT2D eigenvalue weighted by Crippen LogP contribution is 2.24. The first-order valence-corrected chi connectivity index (χ1v) is 6.29. The molecule has 1 amide bonds. The van der Waals surface area contributed by atoms with Gasteiger partial charge in [0.25, 0.3) is 0 Å². The van der Waals surface area contributed by atoms with Crippen LogP contribution in [-0.2, 0) is 9.53 Å². The molecule has 2 N–H and O–H groups in total. The summed E-state index contributed by atoms with van der Waals surface area (Å²) in [5.74, 6) is 0.392. The van der Waals surface area contributed by atoms with E-state index in [4.69, 9.17) is 10.00 Å². The molecule has 1 heterocycles. The summed E-state index contributed by atoms with van der Waals surface area (Å²) >= 11 is 1.26. The number of carbonyl (C=O) groups excluding carboxylic acids is 1. The van der Waals surface area contributed by atoms with E-state index >= 15 is 0 Å². The first-order chi connectivity index (χ1) is 7.58. The summed E-state index contributed by atoms with van der Waals surface area (Å²) in [6.45, 7) is 2.53. The standard InChI is InChI=1S/C10H16N2O3S/c1-8-10(14,2-4-15-8)7-12-9(13)6-16-5-3-11/h8,14H,2,4-7H2,1H3,(H,12,13). The van der Waals surface area contributed by atoms with Gasteiger partial charge in [-0.3, -0.25) is 4.79 Å². The molecule has 0 bridgehead atoms. The van der Waals surface area contributed by atoms with Crippen LogP contribution in [0.2, 0.25) is 0 Å². The minimum atomic E-state index is -0.949. The van der Waals surface area contributed by atoms with E-state index in [-0.39, 0.29) is 24.3 Å². The van der Waals surface area contributed by atoms with E-state index in [0.717, 1.165) is 0 Å². The number of nitriles is 1. The minimum Gasteiger partial charge on any atom is -0.385 e. The van der Waals surface area contributed by atoms with Crippen LogP contribution in [0.4, 0.5) is 0 Å². The molecule has 1 aliphatic rings. The highest BCUT2D eigenvalue weighted by molar-refractivity contribution is 8.00. The molecule has 16 heavy (non-hydrogen) atoms. The summed E-state index contributed by atoms with van der Waals surface area (Å²) in [4.78, 5) is 11.3. The lowest BCUT2D eigenvalue weighted by molar-refractivity contribution is -0.120. The van der Waals surface area contributed by atoms with Crippen molar-refractivity contribution in [1.29, 1.82) is 5.26 Å². The number of thioether (sulfide) groups is 1. The fourth-order valence-corrected chi connectivity index (χ4v) is 1.98. The second-order valence-corrected chi connectivity index (χ2v) is 4.78. The zero-order chi connectivity index (χ0) is 12.0. The Kier molecular flexibility index (Phi) is 5.06. The van der Waals surface area contributed by atoms with Gasteiger partial charge in [0.2, 0.25) is 5.91 Å². The molecule has 0 spiro atoms. The Bertz CT molecular complexity index is 292. The summed E-state index contributed by atoms with van der Waals surface area (Å²) in [7, 11) is 0. The Morgan fingerprint density at radius 3 is 3.12 bits per heavy atom. The summed E-state index contributed by atoms with van der Waals surface area (Å²) < 4.78 is 5.25. The van der Waals surface area contributed by atoms with Gasteiger partial charge in [-0.2, -0.15) is 5.26 Å². The summed E-state index contributed by atoms with van der Waals surface area (Å²) in [5.41, 5.74) is -0.949. The van der Waals surface area contributed by atoms with Crippen molar-refractivity contribution in [2.45, 2.75) is 25.0 Å². The predicted molar refractivity (Wildman–Crippen MR) is 60.9 cm³/mol. The van der Waals surface area contributed by atoms with Gasteiger partial charge in [0.15, 0.2) is 0 Å². The Balaban J connectivity index is 2.23. The first kappa shape index (κ1) is 13.3. The summed E-state index contributed by atoms with van der Waals surface area (Å²) in [5, 5.41) is 21.0. The van der Waals surface area contributed by atoms with Gasteiger partial charge in [-0.05, 0) is 6.92 Å². The third-order valence-electron chi connectivity index (χ3n) is 2.65. The van der Waals surface area contributed by atoms with E-state index in [1.165, 1.54) is 11.8 Å². The van der Waals surface area contributed by atoms with Crippen LogP contribution in [0.15, 0.2) is 0 Å². The van der Waals surface area contributed by atoms with Crippen LogP contribution in [0.1, 0.15) is 13.3 Å². The van der Waals surface area contributed by atoms with E-state index in [1.54, 1.807) is 6.92 Å². The summed E-state index contributed by atoms with van der Waals surface area (Å²) in [6, 6.07) is 1.95. The number of rotatable bonds is 5. The maximum atomic E-state index is 11.3. The van der Waals surface area contributed by atoms with Crippen LogP contribution >= 0.6 is 11.8 Å². The molecule has 1 rings (SSSR count). The second kappa shape index (κ2) is 6.09. The van der Waals surface area contributed by atoms with Gasteiger partial charge in [-0.15, -0.1) is 11.8 Å². The average molecular weight is 244 g/mol. The number of hydrogen-bond acceptors (Lipinski definition) is 5. The smallest absolute Gasteiger partial charge is 0.230 e. The lowest BCUT2D eigenvalue weighted by Crippen LogP contribution is -2.47. The SMILES string of the molecule is CC1OCCC1(O)CNC(=O)CSCC#N. The van der Waals surface area contributed by atoms with Crippen molar-refractivity contribution in [3.63, 3.8) is 0 Å². The predicted octanol–water partition coefficient (Wildman–Crippen LogP) is -0.101. The Hall–Kier alpha value is -0.770. The Morgan fingerprint density at radius 2 is 2.56 bits per heavy atom. The zero-order valence-corrected chi connectivity index (χ0v) is 10.0. The molecule has 1 saturated heterocycles. The third-order valence-corrected chi connectivity index (χ3v) is 3.45. The van der Waals surface area contributed by atoms with E-state index < -0.39 is 5.60 Å². The van der Waals surface area contributed by atoms with Gasteiger partial charge >= 0.3 is 0 Å². The number of nitrogens with one attached hydrogen (secondary N) is 1. The summed E-state index contributed by atoms with van der Waals surface area (Å²) in [6.07, 6.45) is 0.291. The quantitative estimate of drug-likeness (QED) is 0.660. The molecule has 0 radical (unpaired) electrons. The van der Waals surface area contributed by atoms with Gasteiger partial charge < -0.3 is 15.2 Å². The topological polar surface area (TPSA) is 82.3 Å². The molecule has 90 valence electrons. The lowest BCUT2D eigenvalue weighted by Gasteiger charge is -2.26. The number of hydrogen-bond donors (Lipinski definition) is 2. The largest absolute Gasteiger partial charge is 0.385 e. The molecule has 0 aromatic rings. The highest BCUT2D eigenvalue weighted by Gasteiger charge is 2.39. The van der Waals surface area contributed by atoms with Gasteiger partial charge in [0.1, 0.15) is 5.60 Å². The first-order valence-electron chi connectivity index (χ1n) is 5.14. The molecule has 2 unspecified atom stereocenters. The normalized spacial score (nSPS) is 28.7. The fraction of sp³-hybridized carbons (Fsp3) is 0.800. The van der Waals surface area contributed by atoms with Crippen molar-refractivity contribution < 1.29 is 14.6 Å². The van der Waals surface area contributed by atoms with Crippen LogP contribution in [0.3, 0.4) is 0 Å². The van der Waals surface area contributed by atoms with Gasteiger partial charge in [0.05, 0.1) is 23.7 Å². The van der Waals surface area contributed by atoms with Crippen LogP contribution in [0, 0.1) is 11.3 Å². The van der Waals surface area contributed by atoms with Crippen molar-refractivity contribution >= 4 is 17.7 Å². The van der Waals surface area contributed by atoms with Crippen molar-refractivity contribution in [1.82, 2.24) is 5.32 Å². The second-order valence-electron chi connectivity index (χ2n) is 3.79. The zero-order valence-electron chi connectivity index (χ0n) is 9.23. The molecule has 2 atom stereocenters. The Labute approximate surface area is 99.2 Å². The molecular weight excluding hydrogens is 228 g/mol. The minimum absolute atomic E-state index is 0.159. The lowest BCUT2D eigenvalue weighted by atomic mass is 9.97. The monoisotopic (exact) mass is 244 g/mol. The molecule has 5 nitrogen and oxygen atoms in total. The number of amides is 1. The van der Waals surface area contributed by atoms with Crippen molar-refractivity contribution in [2.75, 3.05) is 24.7 Å². The van der Waals surface area contributed by atoms with Gasteiger partial charge in [-0.25, -0.2) is 0 Å². The van der Waals surface area contributed by atoms with Crippen LogP contribution in [-0.4, -0.2) is 47.4 Å². The van der Waals surface area contributed by atoms with E-state index in [2.05, 4.69) is 5.32 Å². The number of aliphatic hydroxyl groups is 1. The van der Waals surface area contributed by atoms with E-state index in [0.29, 0.717) is 18.8 Å². The molecule has 0 aromatic heterocycles. The molecule has 0 aromatic carbocycles. The molecule has 6 heteroatoms. The third kappa shape index (κ3) is 3.67. The number of ether oxygens (including phenoxy) is 1. The highest BCUT2D eigenvalue weighted by atomic mass is 32.2. The van der Waals surface area contributed by atoms with E-state index in [1.807, 2.05) is 6.07 Å². The maximum absolute atomic E-state index is 11.3. The van der Waals surface area contributed by atoms with E-state index in [9.17, 15) is 9.90 Å². The van der Waals surface area contributed by atoms with Crippen molar-refractivity contribution in [2.24, 2.45) is 0 Å². The van der Waals surface area contributed by atoms with Gasteiger partial charge in [-0.1, -0.05) is 0 Å². The molecule has 1 aliphatic heterocycles. The molecular formula is C10H16N2O3S. The fourth-order valence-electron chi connectivity index (χ4n) is 1.49. The van der Waals surface area contributed by atoms with Crippen LogP contribution in [0.25, 0.3) is 0 Å². The van der Waals surface area contributed by atoms with Gasteiger partial charge in [0, 0.05) is 19.6 Å². The molecule has 0 aliphatic carbocycles. The van der Waals surface area contributed by atoms with Crippen molar-refractivity contribution in [3.05, 3.63) is 0 Å². The average Bonchev–Trinajstić information content (AvgIpc) is 2.58. The van der Waals surface area contributed by atoms with Crippen LogP contribution in [0.5, 0.6) is 0 Å².